The van der Waals surface area contributed by atoms with Gasteiger partial charge in [0.25, 0.3) is 0 Å². The van der Waals surface area contributed by atoms with Gasteiger partial charge >= 0.3 is 5.97 Å². The molecule has 0 aromatic carbocycles. The van der Waals surface area contributed by atoms with Gasteiger partial charge in [-0.15, -0.1) is 11.3 Å². The molecule has 2 aromatic heterocycles. The molecule has 1 aliphatic rings. The normalized spacial score (nSPS) is 22.2. The average Bonchev–Trinajstić information content (AvgIpc) is 3.15. The molecule has 2 atom stereocenters. The summed E-state index contributed by atoms with van der Waals surface area (Å²) in [6.07, 6.45) is 0.741. The van der Waals surface area contributed by atoms with Crippen LogP contribution in [0.3, 0.4) is 0 Å². The van der Waals surface area contributed by atoms with Crippen LogP contribution >= 0.6 is 11.3 Å². The lowest BCUT2D eigenvalue weighted by molar-refractivity contribution is -0.145. The Labute approximate surface area is 152 Å². The van der Waals surface area contributed by atoms with Crippen molar-refractivity contribution in [1.82, 2.24) is 10.1 Å². The van der Waals surface area contributed by atoms with Crippen LogP contribution in [0.4, 0.5) is 0 Å². The molecule has 5 nitrogen and oxygen atoms in total. The fourth-order valence-corrected chi connectivity index (χ4v) is 4.14. The lowest BCUT2D eigenvalue weighted by Crippen LogP contribution is -2.46. The van der Waals surface area contributed by atoms with E-state index in [2.05, 4.69) is 49.2 Å². The van der Waals surface area contributed by atoms with Crippen LogP contribution in [-0.4, -0.2) is 34.2 Å². The zero-order valence-corrected chi connectivity index (χ0v) is 16.1. The number of aliphatic carboxylic acids is 1. The van der Waals surface area contributed by atoms with Gasteiger partial charge in [-0.2, -0.15) is 0 Å². The van der Waals surface area contributed by atoms with E-state index < -0.39 is 5.97 Å². The Morgan fingerprint density at radius 1 is 1.40 bits per heavy atom. The quantitative estimate of drug-likeness (QED) is 0.879. The number of likely N-dealkylation sites (tertiary alicyclic amines) is 1. The van der Waals surface area contributed by atoms with E-state index in [-0.39, 0.29) is 11.3 Å². The number of aryl methyl sites for hydroxylation is 1. The first-order valence-electron chi connectivity index (χ1n) is 8.68. The van der Waals surface area contributed by atoms with Gasteiger partial charge in [0.15, 0.2) is 5.76 Å². The minimum Gasteiger partial charge on any atom is -0.481 e. The van der Waals surface area contributed by atoms with Crippen LogP contribution in [0.15, 0.2) is 22.0 Å². The fourth-order valence-electron chi connectivity index (χ4n) is 3.45. The third-order valence-corrected chi connectivity index (χ3v) is 5.93. The van der Waals surface area contributed by atoms with Crippen LogP contribution in [0.5, 0.6) is 0 Å². The van der Waals surface area contributed by atoms with Crippen LogP contribution in [0.2, 0.25) is 0 Å². The SMILES string of the molecule is Cc1cc(-c2cc(CN3CC(C(=O)O)CC(C(C)(C)C)C3)on2)cs1. The number of thiophene rings is 1. The number of aromatic nitrogens is 1. The molecule has 3 heterocycles. The molecular weight excluding hydrogens is 336 g/mol. The van der Waals surface area contributed by atoms with E-state index in [4.69, 9.17) is 4.52 Å². The molecule has 1 saturated heterocycles. The molecule has 6 heteroatoms. The Balaban J connectivity index is 1.72. The predicted molar refractivity (Wildman–Crippen MR) is 98.5 cm³/mol. The summed E-state index contributed by atoms with van der Waals surface area (Å²) < 4.78 is 5.51. The van der Waals surface area contributed by atoms with Crippen molar-refractivity contribution >= 4 is 17.3 Å². The third kappa shape index (κ3) is 4.30. The van der Waals surface area contributed by atoms with E-state index in [1.807, 2.05) is 6.07 Å². The van der Waals surface area contributed by atoms with E-state index in [1.165, 1.54) is 4.88 Å². The lowest BCUT2D eigenvalue weighted by atomic mass is 9.73. The maximum absolute atomic E-state index is 11.6. The van der Waals surface area contributed by atoms with Crippen LogP contribution in [0, 0.1) is 24.2 Å². The van der Waals surface area contributed by atoms with Gasteiger partial charge in [-0.1, -0.05) is 25.9 Å². The Morgan fingerprint density at radius 3 is 2.76 bits per heavy atom. The topological polar surface area (TPSA) is 66.6 Å². The zero-order chi connectivity index (χ0) is 18.2. The van der Waals surface area contributed by atoms with Gasteiger partial charge in [-0.05, 0) is 30.7 Å². The lowest BCUT2D eigenvalue weighted by Gasteiger charge is -2.41. The summed E-state index contributed by atoms with van der Waals surface area (Å²) in [7, 11) is 0. The molecule has 0 aliphatic carbocycles. The number of rotatable bonds is 4. The second-order valence-electron chi connectivity index (χ2n) is 8.15. The van der Waals surface area contributed by atoms with Gasteiger partial charge in [0.05, 0.1) is 12.5 Å². The summed E-state index contributed by atoms with van der Waals surface area (Å²) >= 11 is 1.69. The number of carboxylic acid groups (broad SMARTS) is 1. The summed E-state index contributed by atoms with van der Waals surface area (Å²) in [6.45, 7) is 10.7. The van der Waals surface area contributed by atoms with Crippen molar-refractivity contribution in [3.05, 3.63) is 28.2 Å². The van der Waals surface area contributed by atoms with Crippen molar-refractivity contribution in [2.75, 3.05) is 13.1 Å². The zero-order valence-electron chi connectivity index (χ0n) is 15.3. The number of nitrogens with zero attached hydrogens (tertiary/aromatic N) is 2. The van der Waals surface area contributed by atoms with Crippen molar-refractivity contribution in [3.8, 4) is 11.3 Å². The first-order chi connectivity index (χ1) is 11.7. The molecule has 0 amide bonds. The minimum absolute atomic E-state index is 0.0904. The summed E-state index contributed by atoms with van der Waals surface area (Å²) in [5, 5.41) is 15.8. The van der Waals surface area contributed by atoms with Crippen molar-refractivity contribution in [3.63, 3.8) is 0 Å². The molecule has 2 unspecified atom stereocenters. The first kappa shape index (κ1) is 18.1. The maximum Gasteiger partial charge on any atom is 0.307 e. The van der Waals surface area contributed by atoms with E-state index >= 15 is 0 Å². The molecule has 0 bridgehead atoms. The highest BCUT2D eigenvalue weighted by atomic mass is 32.1. The fraction of sp³-hybridized carbons (Fsp3) is 0.579. The van der Waals surface area contributed by atoms with E-state index in [9.17, 15) is 9.90 Å². The van der Waals surface area contributed by atoms with Crippen molar-refractivity contribution < 1.29 is 14.4 Å². The highest BCUT2D eigenvalue weighted by Crippen LogP contribution is 2.36. The smallest absolute Gasteiger partial charge is 0.307 e. The number of carbonyl (C=O) groups is 1. The highest BCUT2D eigenvalue weighted by Gasteiger charge is 2.37. The van der Waals surface area contributed by atoms with Gasteiger partial charge in [0, 0.05) is 35.0 Å². The van der Waals surface area contributed by atoms with E-state index in [1.54, 1.807) is 11.3 Å². The molecular formula is C19H26N2O3S. The maximum atomic E-state index is 11.6. The number of hydrogen-bond acceptors (Lipinski definition) is 5. The largest absolute Gasteiger partial charge is 0.481 e. The van der Waals surface area contributed by atoms with Crippen molar-refractivity contribution in [2.45, 2.75) is 40.7 Å². The first-order valence-corrected chi connectivity index (χ1v) is 9.56. The summed E-state index contributed by atoms with van der Waals surface area (Å²) in [5.41, 5.74) is 2.01. The monoisotopic (exact) mass is 362 g/mol. The summed E-state index contributed by atoms with van der Waals surface area (Å²) in [4.78, 5) is 15.0. The average molecular weight is 362 g/mol. The molecule has 0 spiro atoms. The van der Waals surface area contributed by atoms with Gasteiger partial charge in [0.2, 0.25) is 0 Å². The molecule has 1 N–H and O–H groups in total. The Hall–Kier alpha value is -1.66. The van der Waals surface area contributed by atoms with Crippen molar-refractivity contribution in [1.29, 1.82) is 0 Å². The van der Waals surface area contributed by atoms with Crippen molar-refractivity contribution in [2.24, 2.45) is 17.3 Å². The number of hydrogen-bond donors (Lipinski definition) is 1. The van der Waals surface area contributed by atoms with Gasteiger partial charge in [-0.25, -0.2) is 0 Å². The molecule has 3 rings (SSSR count). The van der Waals surface area contributed by atoms with E-state index in [0.29, 0.717) is 19.0 Å². The van der Waals surface area contributed by atoms with Gasteiger partial charge < -0.3 is 9.63 Å². The third-order valence-electron chi connectivity index (χ3n) is 5.06. The van der Waals surface area contributed by atoms with Gasteiger partial charge in [-0.3, -0.25) is 9.69 Å². The standard InChI is InChI=1S/C19H26N2O3S/c1-12-5-14(11-25-12)17-7-16(24-20-17)10-21-8-13(18(22)23)6-15(9-21)19(2,3)4/h5,7,11,13,15H,6,8-10H2,1-4H3,(H,22,23). The van der Waals surface area contributed by atoms with Gasteiger partial charge in [0.1, 0.15) is 5.69 Å². The number of carboxylic acids is 1. The second-order valence-corrected chi connectivity index (χ2v) is 9.27. The summed E-state index contributed by atoms with van der Waals surface area (Å²) in [5.74, 6) is 0.118. The molecule has 0 saturated carbocycles. The van der Waals surface area contributed by atoms with Crippen LogP contribution < -0.4 is 0 Å². The summed E-state index contributed by atoms with van der Waals surface area (Å²) in [6, 6.07) is 4.07. The Morgan fingerprint density at radius 2 is 2.16 bits per heavy atom. The Kier molecular flexibility index (Phi) is 5.02. The number of piperidine rings is 1. The highest BCUT2D eigenvalue weighted by molar-refractivity contribution is 7.10. The van der Waals surface area contributed by atoms with Crippen LogP contribution in [0.25, 0.3) is 11.3 Å². The predicted octanol–water partition coefficient (Wildman–Crippen LogP) is 4.28. The molecule has 1 aliphatic heterocycles. The van der Waals surface area contributed by atoms with Crippen LogP contribution in [-0.2, 0) is 11.3 Å². The van der Waals surface area contributed by atoms with Crippen LogP contribution in [0.1, 0.15) is 37.8 Å². The molecule has 0 radical (unpaired) electrons. The molecule has 136 valence electrons. The second kappa shape index (κ2) is 6.92. The molecule has 25 heavy (non-hydrogen) atoms. The Bertz CT molecular complexity index is 744. The molecule has 2 aromatic rings. The van der Waals surface area contributed by atoms with E-state index in [0.717, 1.165) is 30.0 Å². The molecule has 1 fully saturated rings. The minimum atomic E-state index is -0.703.